The van der Waals surface area contributed by atoms with Crippen molar-refractivity contribution in [3.05, 3.63) is 93.4 Å². The van der Waals surface area contributed by atoms with Crippen LogP contribution in [0.3, 0.4) is 0 Å². The summed E-state index contributed by atoms with van der Waals surface area (Å²) in [6.45, 7) is 3.59. The maximum absolute atomic E-state index is 14.0. The topological polar surface area (TPSA) is 102 Å². The van der Waals surface area contributed by atoms with Crippen LogP contribution in [0.2, 0.25) is 0 Å². The lowest BCUT2D eigenvalue weighted by Gasteiger charge is -2.43. The van der Waals surface area contributed by atoms with Gasteiger partial charge in [-0.3, -0.25) is 9.36 Å². The molecule has 0 radical (unpaired) electrons. The molecule has 0 saturated carbocycles. The number of rotatable bonds is 8. The molecule has 1 amide bonds. The molecule has 10 heteroatoms. The number of carboxylic acid groups (broad SMARTS) is 1. The summed E-state index contributed by atoms with van der Waals surface area (Å²) in [5, 5.41) is 9.39. The molecule has 1 aliphatic carbocycles. The van der Waals surface area contributed by atoms with Crippen LogP contribution in [0.4, 0.5) is 10.1 Å². The number of carboxylic acids is 1. The number of hydrogen-bond acceptors (Lipinski definition) is 5. The number of likely N-dealkylation sites (tertiary alicyclic amines) is 1. The number of halogens is 1. The highest BCUT2D eigenvalue weighted by Crippen LogP contribution is 2.40. The van der Waals surface area contributed by atoms with Gasteiger partial charge in [-0.05, 0) is 86.7 Å². The molecular formula is C31H34FN5O4. The van der Waals surface area contributed by atoms with Crippen LogP contribution in [0, 0.1) is 5.82 Å². The Labute approximate surface area is 237 Å². The third-order valence-corrected chi connectivity index (χ3v) is 8.69. The van der Waals surface area contributed by atoms with Crippen molar-refractivity contribution in [3.63, 3.8) is 0 Å². The minimum Gasteiger partial charge on any atom is -0.478 e. The maximum Gasteiger partial charge on any atom is 0.335 e. The molecule has 41 heavy (non-hydrogen) atoms. The SMILES string of the molecule is O=C(O)c1cccc(CN2CN(c3ccc(F)cc3)C3(CCN(CCCn4c5c([nH]c4=O)C=CCC5)CC3)C2=O)c1. The number of imidazole rings is 1. The molecule has 1 aromatic heterocycles. The van der Waals surface area contributed by atoms with Crippen molar-refractivity contribution in [1.29, 1.82) is 0 Å². The van der Waals surface area contributed by atoms with Crippen LogP contribution in [-0.4, -0.2) is 68.2 Å². The highest BCUT2D eigenvalue weighted by molar-refractivity contribution is 5.93. The summed E-state index contributed by atoms with van der Waals surface area (Å²) in [7, 11) is 0. The van der Waals surface area contributed by atoms with Gasteiger partial charge in [0.05, 0.1) is 17.9 Å². The number of carbonyl (C=O) groups is 2. The average Bonchev–Trinajstić information content (AvgIpc) is 3.43. The number of nitrogens with zero attached hydrogens (tertiary/aromatic N) is 4. The standard InChI is InChI=1S/C31H34FN5O4/c32-24-9-11-25(12-10-24)37-21-35(20-22-5-3-6-23(19-22)28(38)39)29(40)31(37)13-17-34(18-14-31)15-4-16-36-27-8-2-1-7-26(27)33-30(36)41/h1,3,5-7,9-12,19H,2,4,8,13-18,20-21H2,(H,33,41)(H,38,39). The molecule has 2 fully saturated rings. The molecule has 2 aromatic carbocycles. The number of carbonyl (C=O) groups excluding carboxylic acids is 1. The van der Waals surface area contributed by atoms with E-state index in [1.54, 1.807) is 29.2 Å². The molecule has 3 heterocycles. The number of aromatic amines is 1. The summed E-state index contributed by atoms with van der Waals surface area (Å²) in [5.41, 5.74) is 2.93. The number of aromatic nitrogens is 2. The van der Waals surface area contributed by atoms with Crippen molar-refractivity contribution in [2.45, 2.75) is 50.7 Å². The zero-order valence-electron chi connectivity index (χ0n) is 22.9. The Hall–Kier alpha value is -4.18. The Kier molecular flexibility index (Phi) is 7.25. The van der Waals surface area contributed by atoms with Gasteiger partial charge in [0.1, 0.15) is 11.4 Å². The number of amides is 1. The molecule has 2 aliphatic heterocycles. The fourth-order valence-corrected chi connectivity index (χ4v) is 6.55. The van der Waals surface area contributed by atoms with Crippen molar-refractivity contribution >= 4 is 23.6 Å². The van der Waals surface area contributed by atoms with E-state index in [0.29, 0.717) is 32.6 Å². The second-order valence-corrected chi connectivity index (χ2v) is 11.2. The number of aromatic carboxylic acids is 1. The first-order chi connectivity index (χ1) is 19.8. The van der Waals surface area contributed by atoms with Gasteiger partial charge in [-0.1, -0.05) is 18.2 Å². The van der Waals surface area contributed by atoms with Crippen molar-refractivity contribution in [3.8, 4) is 0 Å². The first-order valence-electron chi connectivity index (χ1n) is 14.2. The normalized spacial score (nSPS) is 18.3. The van der Waals surface area contributed by atoms with Crippen LogP contribution in [0.15, 0.2) is 59.4 Å². The second kappa shape index (κ2) is 11.0. The molecule has 9 nitrogen and oxygen atoms in total. The van der Waals surface area contributed by atoms with Gasteiger partial charge in [0.15, 0.2) is 0 Å². The third kappa shape index (κ3) is 5.19. The Morgan fingerprint density at radius 1 is 1.05 bits per heavy atom. The van der Waals surface area contributed by atoms with Crippen LogP contribution in [0.5, 0.6) is 0 Å². The molecule has 2 N–H and O–H groups in total. The van der Waals surface area contributed by atoms with Crippen molar-refractivity contribution in [2.75, 3.05) is 31.2 Å². The number of anilines is 1. The van der Waals surface area contributed by atoms with Crippen LogP contribution >= 0.6 is 0 Å². The fraction of sp³-hybridized carbons (Fsp3) is 0.387. The highest BCUT2D eigenvalue weighted by atomic mass is 19.1. The summed E-state index contributed by atoms with van der Waals surface area (Å²) in [4.78, 5) is 47.1. The number of benzene rings is 2. The van der Waals surface area contributed by atoms with Crippen molar-refractivity contribution in [1.82, 2.24) is 19.4 Å². The Bertz CT molecular complexity index is 1530. The Balaban J connectivity index is 1.15. The predicted molar refractivity (Wildman–Crippen MR) is 153 cm³/mol. The van der Waals surface area contributed by atoms with Gasteiger partial charge in [-0.25, -0.2) is 14.0 Å². The highest BCUT2D eigenvalue weighted by Gasteiger charge is 2.53. The zero-order valence-corrected chi connectivity index (χ0v) is 22.9. The fourth-order valence-electron chi connectivity index (χ4n) is 6.55. The summed E-state index contributed by atoms with van der Waals surface area (Å²) in [5.74, 6) is -1.32. The largest absolute Gasteiger partial charge is 0.478 e. The van der Waals surface area contributed by atoms with Crippen LogP contribution in [-0.2, 0) is 24.3 Å². The van der Waals surface area contributed by atoms with Gasteiger partial charge >= 0.3 is 11.7 Å². The number of fused-ring (bicyclic) bond motifs is 1. The van der Waals surface area contributed by atoms with Gasteiger partial charge < -0.3 is 24.8 Å². The maximum atomic E-state index is 14.0. The number of nitrogens with one attached hydrogen (secondary N) is 1. The van der Waals surface area contributed by atoms with E-state index in [9.17, 15) is 23.9 Å². The molecule has 214 valence electrons. The monoisotopic (exact) mass is 559 g/mol. The first-order valence-corrected chi connectivity index (χ1v) is 14.2. The van der Waals surface area contributed by atoms with E-state index in [2.05, 4.69) is 20.9 Å². The van der Waals surface area contributed by atoms with Crippen LogP contribution in [0.25, 0.3) is 6.08 Å². The van der Waals surface area contributed by atoms with E-state index in [0.717, 1.165) is 61.5 Å². The molecule has 0 atom stereocenters. The van der Waals surface area contributed by atoms with E-state index < -0.39 is 11.5 Å². The van der Waals surface area contributed by atoms with Gasteiger partial charge in [-0.15, -0.1) is 0 Å². The van der Waals surface area contributed by atoms with Gasteiger partial charge in [0, 0.05) is 37.6 Å². The van der Waals surface area contributed by atoms with E-state index in [-0.39, 0.29) is 23.0 Å². The lowest BCUT2D eigenvalue weighted by atomic mass is 9.85. The van der Waals surface area contributed by atoms with Gasteiger partial charge in [-0.2, -0.15) is 0 Å². The number of H-pyrrole nitrogens is 1. The van der Waals surface area contributed by atoms with E-state index in [1.807, 2.05) is 16.7 Å². The molecular weight excluding hydrogens is 525 g/mol. The summed E-state index contributed by atoms with van der Waals surface area (Å²) in [6, 6.07) is 12.9. The van der Waals surface area contributed by atoms with E-state index in [1.165, 1.54) is 18.2 Å². The van der Waals surface area contributed by atoms with E-state index >= 15 is 0 Å². The second-order valence-electron chi connectivity index (χ2n) is 11.2. The average molecular weight is 560 g/mol. The van der Waals surface area contributed by atoms with Crippen molar-refractivity contribution in [2.24, 2.45) is 0 Å². The van der Waals surface area contributed by atoms with Gasteiger partial charge in [0.25, 0.3) is 0 Å². The predicted octanol–water partition coefficient (Wildman–Crippen LogP) is 3.70. The van der Waals surface area contributed by atoms with Crippen LogP contribution < -0.4 is 10.6 Å². The van der Waals surface area contributed by atoms with Crippen LogP contribution in [0.1, 0.15) is 53.0 Å². The molecule has 1 spiro atoms. The molecule has 6 rings (SSSR count). The zero-order chi connectivity index (χ0) is 28.6. The number of hydrogen-bond donors (Lipinski definition) is 2. The summed E-state index contributed by atoms with van der Waals surface area (Å²) < 4.78 is 15.6. The molecule has 3 aromatic rings. The smallest absolute Gasteiger partial charge is 0.335 e. The summed E-state index contributed by atoms with van der Waals surface area (Å²) in [6.07, 6.45) is 7.97. The molecule has 0 bridgehead atoms. The third-order valence-electron chi connectivity index (χ3n) is 8.69. The first kappa shape index (κ1) is 27.0. The summed E-state index contributed by atoms with van der Waals surface area (Å²) >= 11 is 0. The molecule has 0 unspecified atom stereocenters. The minimum absolute atomic E-state index is 0.0146. The Morgan fingerprint density at radius 2 is 1.83 bits per heavy atom. The van der Waals surface area contributed by atoms with E-state index in [4.69, 9.17) is 0 Å². The Morgan fingerprint density at radius 3 is 2.59 bits per heavy atom. The number of allylic oxidation sites excluding steroid dienone is 1. The number of piperidine rings is 1. The van der Waals surface area contributed by atoms with Gasteiger partial charge in [0.2, 0.25) is 5.91 Å². The molecule has 3 aliphatic rings. The quantitative estimate of drug-likeness (QED) is 0.437. The minimum atomic E-state index is -1.01. The lowest BCUT2D eigenvalue weighted by Crippen LogP contribution is -2.56. The molecule has 2 saturated heterocycles. The lowest BCUT2D eigenvalue weighted by molar-refractivity contribution is -0.134. The van der Waals surface area contributed by atoms with Crippen molar-refractivity contribution < 1.29 is 19.1 Å².